The topological polar surface area (TPSA) is 56.3 Å². The number of rotatable bonds is 5. The predicted molar refractivity (Wildman–Crippen MR) is 68.4 cm³/mol. The summed E-state index contributed by atoms with van der Waals surface area (Å²) in [6.45, 7) is 4.28. The molecule has 102 valence electrons. The molecule has 0 fully saturated rings. The maximum atomic E-state index is 5.11. The number of fused-ring (bicyclic) bond motifs is 1. The lowest BCUT2D eigenvalue weighted by Crippen LogP contribution is -2.31. The summed E-state index contributed by atoms with van der Waals surface area (Å²) in [5, 5.41) is 4.01. The first-order chi connectivity index (χ1) is 9.36. The van der Waals surface area contributed by atoms with Crippen LogP contribution in [0, 0.1) is 0 Å². The van der Waals surface area contributed by atoms with Crippen molar-refractivity contribution in [1.82, 2.24) is 19.6 Å². The Morgan fingerprint density at radius 3 is 3.32 bits per heavy atom. The molecule has 0 aliphatic carbocycles. The lowest BCUT2D eigenvalue weighted by molar-refractivity contribution is 0.182. The van der Waals surface area contributed by atoms with Crippen molar-refractivity contribution in [2.24, 2.45) is 0 Å². The van der Waals surface area contributed by atoms with Crippen LogP contribution in [-0.4, -0.2) is 39.9 Å². The average Bonchev–Trinajstić information content (AvgIpc) is 3.05. The van der Waals surface area contributed by atoms with E-state index in [2.05, 4.69) is 19.6 Å². The fourth-order valence-electron chi connectivity index (χ4n) is 2.42. The van der Waals surface area contributed by atoms with E-state index in [0.29, 0.717) is 6.61 Å². The molecule has 0 atom stereocenters. The highest BCUT2D eigenvalue weighted by Gasteiger charge is 2.20. The summed E-state index contributed by atoms with van der Waals surface area (Å²) in [6.07, 6.45) is 6.55. The fourth-order valence-corrected chi connectivity index (χ4v) is 2.42. The molecule has 19 heavy (non-hydrogen) atoms. The van der Waals surface area contributed by atoms with E-state index in [1.54, 1.807) is 13.4 Å². The summed E-state index contributed by atoms with van der Waals surface area (Å²) in [6, 6.07) is 0. The van der Waals surface area contributed by atoms with Crippen LogP contribution in [0.15, 0.2) is 23.2 Å². The van der Waals surface area contributed by atoms with Gasteiger partial charge >= 0.3 is 0 Å². The predicted octanol–water partition coefficient (Wildman–Crippen LogP) is 1.08. The zero-order valence-electron chi connectivity index (χ0n) is 11.1. The van der Waals surface area contributed by atoms with E-state index >= 15 is 0 Å². The lowest BCUT2D eigenvalue weighted by Gasteiger charge is -2.25. The number of imidazole rings is 1. The van der Waals surface area contributed by atoms with Gasteiger partial charge in [-0.1, -0.05) is 5.16 Å². The van der Waals surface area contributed by atoms with Crippen molar-refractivity contribution in [3.63, 3.8) is 0 Å². The molecule has 0 unspecified atom stereocenters. The first-order valence-corrected chi connectivity index (χ1v) is 6.50. The highest BCUT2D eigenvalue weighted by Crippen LogP contribution is 2.18. The molecule has 3 heterocycles. The van der Waals surface area contributed by atoms with Gasteiger partial charge < -0.3 is 13.8 Å². The Hall–Kier alpha value is -1.66. The Labute approximate surface area is 112 Å². The number of hydrogen-bond acceptors (Lipinski definition) is 5. The minimum atomic E-state index is 0.707. The molecule has 2 aromatic rings. The third kappa shape index (κ3) is 2.69. The molecule has 0 spiro atoms. The minimum absolute atomic E-state index is 0.707. The van der Waals surface area contributed by atoms with Crippen molar-refractivity contribution in [3.05, 3.63) is 35.7 Å². The van der Waals surface area contributed by atoms with E-state index in [4.69, 9.17) is 9.26 Å². The van der Waals surface area contributed by atoms with Crippen molar-refractivity contribution in [1.29, 1.82) is 0 Å². The molecule has 0 bridgehead atoms. The van der Waals surface area contributed by atoms with Crippen LogP contribution in [0.1, 0.15) is 17.1 Å². The molecule has 2 aromatic heterocycles. The minimum Gasteiger partial charge on any atom is -0.383 e. The van der Waals surface area contributed by atoms with Gasteiger partial charge in [0.25, 0.3) is 0 Å². The molecule has 0 N–H and O–H groups in total. The molecule has 1 aliphatic heterocycles. The van der Waals surface area contributed by atoms with E-state index < -0.39 is 0 Å². The summed E-state index contributed by atoms with van der Waals surface area (Å²) >= 11 is 0. The van der Waals surface area contributed by atoms with E-state index in [1.807, 2.05) is 12.4 Å². The van der Waals surface area contributed by atoms with Crippen LogP contribution >= 0.6 is 0 Å². The van der Waals surface area contributed by atoms with Gasteiger partial charge in [-0.25, -0.2) is 4.98 Å². The highest BCUT2D eigenvalue weighted by molar-refractivity contribution is 5.17. The summed E-state index contributed by atoms with van der Waals surface area (Å²) in [5.41, 5.74) is 2.29. The SMILES string of the molecule is COCCn1ccnc1CN1CCc2nocc2C1. The van der Waals surface area contributed by atoms with Crippen LogP contribution in [-0.2, 0) is 30.8 Å². The van der Waals surface area contributed by atoms with Crippen molar-refractivity contribution < 1.29 is 9.26 Å². The van der Waals surface area contributed by atoms with Crippen LogP contribution < -0.4 is 0 Å². The number of nitrogens with zero attached hydrogens (tertiary/aromatic N) is 4. The normalized spacial score (nSPS) is 15.6. The largest absolute Gasteiger partial charge is 0.383 e. The number of aromatic nitrogens is 3. The molecule has 1 aliphatic rings. The van der Waals surface area contributed by atoms with Crippen LogP contribution in [0.2, 0.25) is 0 Å². The Morgan fingerprint density at radius 1 is 1.47 bits per heavy atom. The first kappa shape index (κ1) is 12.4. The summed E-state index contributed by atoms with van der Waals surface area (Å²) in [5.74, 6) is 1.08. The van der Waals surface area contributed by atoms with Gasteiger partial charge in [-0.2, -0.15) is 0 Å². The van der Waals surface area contributed by atoms with Crippen molar-refractivity contribution in [2.75, 3.05) is 20.3 Å². The first-order valence-electron chi connectivity index (χ1n) is 6.50. The number of hydrogen-bond donors (Lipinski definition) is 0. The fraction of sp³-hybridized carbons (Fsp3) is 0.538. The molecular formula is C13H18N4O2. The van der Waals surface area contributed by atoms with Gasteiger partial charge in [0.1, 0.15) is 12.1 Å². The quantitative estimate of drug-likeness (QED) is 0.807. The van der Waals surface area contributed by atoms with Crippen molar-refractivity contribution >= 4 is 0 Å². The van der Waals surface area contributed by atoms with Gasteiger partial charge in [-0.15, -0.1) is 0 Å². The standard InChI is InChI=1S/C13H18N4O2/c1-18-7-6-17-5-3-14-13(17)9-16-4-2-12-11(8-16)10-19-15-12/h3,5,10H,2,4,6-9H2,1H3. The van der Waals surface area contributed by atoms with E-state index in [1.165, 1.54) is 5.56 Å². The van der Waals surface area contributed by atoms with Gasteiger partial charge in [0.05, 0.1) is 18.8 Å². The Morgan fingerprint density at radius 2 is 2.42 bits per heavy atom. The van der Waals surface area contributed by atoms with Crippen molar-refractivity contribution in [2.45, 2.75) is 26.1 Å². The second-order valence-electron chi connectivity index (χ2n) is 4.78. The Bertz CT molecular complexity index is 534. The van der Waals surface area contributed by atoms with Gasteiger partial charge in [-0.3, -0.25) is 4.90 Å². The van der Waals surface area contributed by atoms with E-state index in [-0.39, 0.29) is 0 Å². The van der Waals surface area contributed by atoms with E-state index in [9.17, 15) is 0 Å². The van der Waals surface area contributed by atoms with Crippen LogP contribution in [0.25, 0.3) is 0 Å². The monoisotopic (exact) mass is 262 g/mol. The lowest BCUT2D eigenvalue weighted by atomic mass is 10.1. The molecule has 0 aromatic carbocycles. The molecule has 3 rings (SSSR count). The van der Waals surface area contributed by atoms with Crippen LogP contribution in [0.3, 0.4) is 0 Å². The average molecular weight is 262 g/mol. The zero-order valence-corrected chi connectivity index (χ0v) is 11.1. The highest BCUT2D eigenvalue weighted by atomic mass is 16.5. The van der Waals surface area contributed by atoms with Crippen LogP contribution in [0.4, 0.5) is 0 Å². The number of methoxy groups -OCH3 is 1. The van der Waals surface area contributed by atoms with Crippen LogP contribution in [0.5, 0.6) is 0 Å². The van der Waals surface area contributed by atoms with Crippen molar-refractivity contribution in [3.8, 4) is 0 Å². The summed E-state index contributed by atoms with van der Waals surface area (Å²) in [7, 11) is 1.72. The molecular weight excluding hydrogens is 244 g/mol. The molecule has 0 saturated heterocycles. The molecule has 0 amide bonds. The maximum absolute atomic E-state index is 5.11. The van der Waals surface area contributed by atoms with Gasteiger partial charge in [0.2, 0.25) is 0 Å². The summed E-state index contributed by atoms with van der Waals surface area (Å²) < 4.78 is 12.3. The molecule has 0 saturated carbocycles. The smallest absolute Gasteiger partial charge is 0.128 e. The molecule has 0 radical (unpaired) electrons. The zero-order chi connectivity index (χ0) is 13.1. The van der Waals surface area contributed by atoms with Gasteiger partial charge in [0.15, 0.2) is 0 Å². The number of ether oxygens (including phenoxy) is 1. The third-order valence-corrected chi connectivity index (χ3v) is 3.49. The maximum Gasteiger partial charge on any atom is 0.128 e. The summed E-state index contributed by atoms with van der Waals surface area (Å²) in [4.78, 5) is 6.80. The molecule has 6 nitrogen and oxygen atoms in total. The van der Waals surface area contributed by atoms with Gasteiger partial charge in [-0.05, 0) is 0 Å². The Balaban J connectivity index is 1.64. The van der Waals surface area contributed by atoms with Gasteiger partial charge in [0, 0.05) is 51.1 Å². The second kappa shape index (κ2) is 5.54. The molecule has 6 heteroatoms. The van der Waals surface area contributed by atoms with E-state index in [0.717, 1.165) is 44.1 Å². The third-order valence-electron chi connectivity index (χ3n) is 3.49. The second-order valence-corrected chi connectivity index (χ2v) is 4.78. The Kier molecular flexibility index (Phi) is 3.61.